The Labute approximate surface area is 242 Å². The second-order valence-corrected chi connectivity index (χ2v) is 9.90. The van der Waals surface area contributed by atoms with E-state index in [2.05, 4.69) is 30.8 Å². The molecular formula is C29H33FN8O4. The Morgan fingerprint density at radius 3 is 2.62 bits per heavy atom. The van der Waals surface area contributed by atoms with Crippen molar-refractivity contribution in [3.63, 3.8) is 0 Å². The molecule has 0 atom stereocenters. The molecule has 220 valence electrons. The van der Waals surface area contributed by atoms with Gasteiger partial charge in [0.1, 0.15) is 12.4 Å². The molecule has 0 radical (unpaired) electrons. The molecule has 12 nitrogen and oxygen atoms in total. The van der Waals surface area contributed by atoms with E-state index in [9.17, 15) is 14.0 Å². The van der Waals surface area contributed by atoms with Gasteiger partial charge in [-0.15, -0.1) is 0 Å². The maximum absolute atomic E-state index is 13.5. The fraction of sp³-hybridized carbons (Fsp3) is 0.345. The second-order valence-electron chi connectivity index (χ2n) is 9.90. The number of carbonyl (C=O) groups is 2. The van der Waals surface area contributed by atoms with Gasteiger partial charge in [-0.3, -0.25) is 9.59 Å². The summed E-state index contributed by atoms with van der Waals surface area (Å²) in [6.45, 7) is 1.31. The molecule has 0 unspecified atom stereocenters. The normalized spacial score (nSPS) is 13.6. The summed E-state index contributed by atoms with van der Waals surface area (Å²) in [5, 5.41) is 2.33. The number of amides is 1. The molecule has 4 aromatic rings. The van der Waals surface area contributed by atoms with Crippen LogP contribution < -0.4 is 25.6 Å². The van der Waals surface area contributed by atoms with Gasteiger partial charge in [-0.25, -0.2) is 14.4 Å². The molecule has 2 aromatic carbocycles. The first-order chi connectivity index (χ1) is 20.4. The maximum atomic E-state index is 13.5. The Morgan fingerprint density at radius 1 is 1.10 bits per heavy atom. The molecular weight excluding hydrogens is 543 g/mol. The number of esters is 1. The Bertz CT molecular complexity index is 1520. The lowest BCUT2D eigenvalue weighted by molar-refractivity contribution is -0.150. The largest absolute Gasteiger partial charge is 0.440 e. The molecule has 3 N–H and O–H groups in total. The van der Waals surface area contributed by atoms with Crippen LogP contribution in [0.2, 0.25) is 0 Å². The van der Waals surface area contributed by atoms with Crippen molar-refractivity contribution in [3.05, 3.63) is 72.2 Å². The van der Waals surface area contributed by atoms with Gasteiger partial charge < -0.3 is 34.9 Å². The number of para-hydroxylation sites is 2. The first-order valence-corrected chi connectivity index (χ1v) is 13.7. The Morgan fingerprint density at radius 2 is 1.86 bits per heavy atom. The molecule has 13 heteroatoms. The average molecular weight is 577 g/mol. The van der Waals surface area contributed by atoms with E-state index < -0.39 is 11.9 Å². The topological polar surface area (TPSA) is 141 Å². The predicted octanol–water partition coefficient (Wildman–Crippen LogP) is 2.07. The van der Waals surface area contributed by atoms with E-state index >= 15 is 0 Å². The minimum absolute atomic E-state index is 0.190. The molecule has 2 aromatic heterocycles. The van der Waals surface area contributed by atoms with Crippen LogP contribution in [-0.4, -0.2) is 77.5 Å². The minimum Gasteiger partial charge on any atom is -0.440 e. The van der Waals surface area contributed by atoms with Gasteiger partial charge >= 0.3 is 5.97 Å². The summed E-state index contributed by atoms with van der Waals surface area (Å²) < 4.78 is 26.1. The number of nitrogens with one attached hydrogen (secondary N) is 1. The highest BCUT2D eigenvalue weighted by atomic mass is 19.1. The van der Waals surface area contributed by atoms with Crippen LogP contribution in [0.15, 0.2) is 60.8 Å². The van der Waals surface area contributed by atoms with Gasteiger partial charge in [0.05, 0.1) is 24.1 Å². The number of hydrogen-bond acceptors (Lipinski definition) is 10. The number of benzene rings is 2. The number of rotatable bonds is 11. The number of carbonyl (C=O) groups excluding carboxylic acids is 2. The zero-order valence-electron chi connectivity index (χ0n) is 23.3. The molecule has 0 bridgehead atoms. The van der Waals surface area contributed by atoms with E-state index in [1.165, 1.54) is 12.1 Å². The summed E-state index contributed by atoms with van der Waals surface area (Å²) in [6.07, 6.45) is 3.30. The maximum Gasteiger partial charge on any atom is 0.328 e. The summed E-state index contributed by atoms with van der Waals surface area (Å²) in [5.74, 6) is 0.293. The molecule has 42 heavy (non-hydrogen) atoms. The summed E-state index contributed by atoms with van der Waals surface area (Å²) in [6, 6.07) is 16.4. The standard InChI is InChI=1S/C29H33FN8O4/c1-36(28-32-13-10-26(35-28)41-19-42-27(40)17-33-25(39)16-31)22-11-14-37(15-12-22)29-34-23-4-2-3-5-24(23)38(29)18-20-6-8-21(30)9-7-20/h2-10,13,22H,11-12,14-19,31H2,1H3,(H,33,39). The van der Waals surface area contributed by atoms with Crippen molar-refractivity contribution in [2.45, 2.75) is 25.4 Å². The van der Waals surface area contributed by atoms with E-state index in [4.69, 9.17) is 20.2 Å². The van der Waals surface area contributed by atoms with Crippen LogP contribution >= 0.6 is 0 Å². The number of imidazole rings is 1. The molecule has 1 aliphatic heterocycles. The number of nitrogens with zero attached hydrogens (tertiary/aromatic N) is 6. The van der Waals surface area contributed by atoms with Crippen LogP contribution in [0.5, 0.6) is 5.88 Å². The van der Waals surface area contributed by atoms with Crippen molar-refractivity contribution in [1.29, 1.82) is 0 Å². The molecule has 1 fully saturated rings. The van der Waals surface area contributed by atoms with Crippen molar-refractivity contribution in [3.8, 4) is 5.88 Å². The van der Waals surface area contributed by atoms with Gasteiger partial charge in [0.25, 0.3) is 0 Å². The van der Waals surface area contributed by atoms with E-state index in [1.807, 2.05) is 30.1 Å². The number of nitrogens with two attached hydrogens (primary N) is 1. The highest BCUT2D eigenvalue weighted by Crippen LogP contribution is 2.28. The number of ether oxygens (including phenoxy) is 2. The Hall–Kier alpha value is -4.78. The number of fused-ring (bicyclic) bond motifs is 1. The van der Waals surface area contributed by atoms with Crippen molar-refractivity contribution < 1.29 is 23.5 Å². The third-order valence-corrected chi connectivity index (χ3v) is 7.16. The predicted molar refractivity (Wildman–Crippen MR) is 155 cm³/mol. The van der Waals surface area contributed by atoms with Gasteiger partial charge in [0.2, 0.25) is 30.5 Å². The minimum atomic E-state index is -0.652. The summed E-state index contributed by atoms with van der Waals surface area (Å²) >= 11 is 0. The zero-order chi connectivity index (χ0) is 29.5. The van der Waals surface area contributed by atoms with Gasteiger partial charge in [0, 0.05) is 38.4 Å². The van der Waals surface area contributed by atoms with Gasteiger partial charge in [-0.1, -0.05) is 24.3 Å². The van der Waals surface area contributed by atoms with Crippen molar-refractivity contribution in [2.75, 3.05) is 49.8 Å². The fourth-order valence-electron chi connectivity index (χ4n) is 4.88. The highest BCUT2D eigenvalue weighted by Gasteiger charge is 2.27. The van der Waals surface area contributed by atoms with E-state index in [1.54, 1.807) is 24.4 Å². The van der Waals surface area contributed by atoms with Crippen LogP contribution in [0.4, 0.5) is 16.3 Å². The molecule has 1 saturated heterocycles. The number of halogens is 1. The number of piperidine rings is 1. The van der Waals surface area contributed by atoms with Crippen molar-refractivity contribution in [1.82, 2.24) is 24.8 Å². The molecule has 0 spiro atoms. The van der Waals surface area contributed by atoms with Crippen molar-refractivity contribution >= 4 is 34.8 Å². The third-order valence-electron chi connectivity index (χ3n) is 7.16. The Balaban J connectivity index is 1.19. The van der Waals surface area contributed by atoms with Crippen LogP contribution in [0, 0.1) is 5.82 Å². The smallest absolute Gasteiger partial charge is 0.328 e. The number of hydrogen-bond donors (Lipinski definition) is 2. The van der Waals surface area contributed by atoms with E-state index in [0.717, 1.165) is 48.5 Å². The quantitative estimate of drug-likeness (QED) is 0.201. The SMILES string of the molecule is CN(c1nccc(OCOC(=O)CNC(=O)CN)n1)C1CCN(c2nc3ccccc3n2Cc2ccc(F)cc2)CC1. The summed E-state index contributed by atoms with van der Waals surface area (Å²) in [7, 11) is 1.95. The summed E-state index contributed by atoms with van der Waals surface area (Å²) in [5.41, 5.74) is 8.15. The number of aromatic nitrogens is 4. The number of anilines is 2. The lowest BCUT2D eigenvalue weighted by Gasteiger charge is -2.37. The first-order valence-electron chi connectivity index (χ1n) is 13.7. The highest BCUT2D eigenvalue weighted by molar-refractivity contribution is 5.83. The van der Waals surface area contributed by atoms with Crippen LogP contribution in [-0.2, 0) is 20.9 Å². The lowest BCUT2D eigenvalue weighted by Crippen LogP contribution is -2.44. The third kappa shape index (κ3) is 6.92. The van der Waals surface area contributed by atoms with Crippen molar-refractivity contribution in [2.24, 2.45) is 5.73 Å². The summed E-state index contributed by atoms with van der Waals surface area (Å²) in [4.78, 5) is 41.0. The zero-order valence-corrected chi connectivity index (χ0v) is 23.3. The molecule has 0 aliphatic carbocycles. The first kappa shape index (κ1) is 28.7. The molecule has 0 saturated carbocycles. The Kier molecular flexibility index (Phi) is 9.07. The van der Waals surface area contributed by atoms with E-state index in [-0.39, 0.29) is 37.6 Å². The van der Waals surface area contributed by atoms with E-state index in [0.29, 0.717) is 12.5 Å². The lowest BCUT2D eigenvalue weighted by atomic mass is 10.0. The van der Waals surface area contributed by atoms with Crippen LogP contribution in [0.1, 0.15) is 18.4 Å². The average Bonchev–Trinajstić information content (AvgIpc) is 3.39. The monoisotopic (exact) mass is 576 g/mol. The molecule has 5 rings (SSSR count). The molecule has 3 heterocycles. The van der Waals surface area contributed by atoms with Gasteiger partial charge in [0.15, 0.2) is 0 Å². The molecule has 1 amide bonds. The fourth-order valence-corrected chi connectivity index (χ4v) is 4.88. The second kappa shape index (κ2) is 13.3. The van der Waals surface area contributed by atoms with Gasteiger partial charge in [-0.05, 0) is 42.7 Å². The van der Waals surface area contributed by atoms with Gasteiger partial charge in [-0.2, -0.15) is 4.98 Å². The van der Waals surface area contributed by atoms with Crippen LogP contribution in [0.3, 0.4) is 0 Å². The van der Waals surface area contributed by atoms with Crippen LogP contribution in [0.25, 0.3) is 11.0 Å². The molecule has 1 aliphatic rings.